The first-order chi connectivity index (χ1) is 10.0. The largest absolute Gasteiger partial charge is 0.325 e. The quantitative estimate of drug-likeness (QED) is 0.835. The molecule has 6 heteroatoms. The van der Waals surface area contributed by atoms with E-state index in [1.807, 2.05) is 24.3 Å². The molecule has 1 amide bonds. The van der Waals surface area contributed by atoms with Gasteiger partial charge in [-0.3, -0.25) is 4.79 Å². The Kier molecular flexibility index (Phi) is 5.73. The van der Waals surface area contributed by atoms with Crippen LogP contribution in [-0.2, 0) is 11.3 Å². The molecule has 0 unspecified atom stereocenters. The number of nitrogens with one attached hydrogen (secondary N) is 2. The van der Waals surface area contributed by atoms with Crippen molar-refractivity contribution in [1.82, 2.24) is 5.32 Å². The fraction of sp³-hybridized carbons (Fsp3) is 0.133. The molecule has 3 nitrogen and oxygen atoms in total. The van der Waals surface area contributed by atoms with Gasteiger partial charge in [-0.1, -0.05) is 33.6 Å². The molecule has 0 heterocycles. The molecule has 2 aromatic rings. The van der Waals surface area contributed by atoms with E-state index >= 15 is 0 Å². The molecular formula is C15H13BrClFN2O. The number of hydrogen-bond donors (Lipinski definition) is 2. The van der Waals surface area contributed by atoms with Crippen molar-refractivity contribution < 1.29 is 9.18 Å². The summed E-state index contributed by atoms with van der Waals surface area (Å²) in [6.07, 6.45) is 0. The van der Waals surface area contributed by atoms with E-state index < -0.39 is 5.82 Å². The predicted octanol–water partition coefficient (Wildman–Crippen LogP) is 3.97. The number of rotatable bonds is 5. The van der Waals surface area contributed by atoms with Crippen LogP contribution in [0.5, 0.6) is 0 Å². The van der Waals surface area contributed by atoms with Crippen LogP contribution in [0.1, 0.15) is 5.56 Å². The molecule has 2 N–H and O–H groups in total. The van der Waals surface area contributed by atoms with E-state index in [2.05, 4.69) is 26.6 Å². The molecule has 0 radical (unpaired) electrons. The van der Waals surface area contributed by atoms with Gasteiger partial charge in [0.2, 0.25) is 5.91 Å². The molecule has 0 fully saturated rings. The number of carbonyl (C=O) groups excluding carboxylic acids is 1. The third-order valence-electron chi connectivity index (χ3n) is 2.73. The van der Waals surface area contributed by atoms with Gasteiger partial charge in [-0.2, -0.15) is 0 Å². The summed E-state index contributed by atoms with van der Waals surface area (Å²) in [5.74, 6) is -0.598. The molecule has 0 atom stereocenters. The molecule has 0 aliphatic rings. The van der Waals surface area contributed by atoms with Gasteiger partial charge in [-0.05, 0) is 42.0 Å². The number of hydrogen-bond acceptors (Lipinski definition) is 2. The lowest BCUT2D eigenvalue weighted by Crippen LogP contribution is -2.27. The number of benzene rings is 2. The molecule has 0 aliphatic heterocycles. The minimum atomic E-state index is -0.451. The molecule has 0 bridgehead atoms. The number of carbonyl (C=O) groups is 1. The third-order valence-corrected chi connectivity index (χ3v) is 3.54. The number of amides is 1. The van der Waals surface area contributed by atoms with Crippen LogP contribution in [0.25, 0.3) is 0 Å². The Morgan fingerprint density at radius 1 is 1.19 bits per heavy atom. The van der Waals surface area contributed by atoms with Gasteiger partial charge in [0.25, 0.3) is 0 Å². The zero-order chi connectivity index (χ0) is 15.2. The number of halogens is 3. The van der Waals surface area contributed by atoms with E-state index in [0.717, 1.165) is 15.7 Å². The van der Waals surface area contributed by atoms with Crippen LogP contribution in [0.4, 0.5) is 10.1 Å². The van der Waals surface area contributed by atoms with E-state index in [9.17, 15) is 9.18 Å². The summed E-state index contributed by atoms with van der Waals surface area (Å²) in [6.45, 7) is 0.596. The van der Waals surface area contributed by atoms with Crippen molar-refractivity contribution in [3.63, 3.8) is 0 Å². The maximum absolute atomic E-state index is 13.0. The van der Waals surface area contributed by atoms with Crippen LogP contribution in [0.3, 0.4) is 0 Å². The fourth-order valence-electron chi connectivity index (χ4n) is 1.71. The Balaban J connectivity index is 1.78. The SMILES string of the molecule is O=C(CNCc1ccc(F)c(Cl)c1)Nc1ccc(Br)cc1. The van der Waals surface area contributed by atoms with Crippen LogP contribution < -0.4 is 10.6 Å². The van der Waals surface area contributed by atoms with Gasteiger partial charge < -0.3 is 10.6 Å². The normalized spacial score (nSPS) is 10.4. The molecule has 0 saturated carbocycles. The standard InChI is InChI=1S/C15H13BrClFN2O/c16-11-2-4-12(5-3-11)20-15(21)9-19-8-10-1-6-14(18)13(17)7-10/h1-7,19H,8-9H2,(H,20,21). The highest BCUT2D eigenvalue weighted by atomic mass is 79.9. The lowest BCUT2D eigenvalue weighted by molar-refractivity contribution is -0.115. The molecule has 0 spiro atoms. The maximum Gasteiger partial charge on any atom is 0.238 e. The highest BCUT2D eigenvalue weighted by molar-refractivity contribution is 9.10. The van der Waals surface area contributed by atoms with Crippen molar-refractivity contribution in [1.29, 1.82) is 0 Å². The Labute approximate surface area is 135 Å². The van der Waals surface area contributed by atoms with E-state index in [1.165, 1.54) is 12.1 Å². The fourth-order valence-corrected chi connectivity index (χ4v) is 2.18. The highest BCUT2D eigenvalue weighted by Gasteiger charge is 2.04. The van der Waals surface area contributed by atoms with E-state index in [0.29, 0.717) is 6.54 Å². The zero-order valence-corrected chi connectivity index (χ0v) is 13.3. The lowest BCUT2D eigenvalue weighted by Gasteiger charge is -2.07. The van der Waals surface area contributed by atoms with Gasteiger partial charge in [0, 0.05) is 16.7 Å². The second-order valence-electron chi connectivity index (χ2n) is 4.41. The van der Waals surface area contributed by atoms with Crippen LogP contribution >= 0.6 is 27.5 Å². The van der Waals surface area contributed by atoms with Crippen LogP contribution in [0.15, 0.2) is 46.9 Å². The molecular weight excluding hydrogens is 359 g/mol. The van der Waals surface area contributed by atoms with Crippen LogP contribution in [-0.4, -0.2) is 12.5 Å². The summed E-state index contributed by atoms with van der Waals surface area (Å²) in [4.78, 5) is 11.7. The molecule has 0 aromatic heterocycles. The van der Waals surface area contributed by atoms with Crippen molar-refractivity contribution in [2.24, 2.45) is 0 Å². The molecule has 0 aliphatic carbocycles. The van der Waals surface area contributed by atoms with E-state index in [4.69, 9.17) is 11.6 Å². The summed E-state index contributed by atoms with van der Waals surface area (Å²) in [5.41, 5.74) is 1.55. The monoisotopic (exact) mass is 370 g/mol. The first-order valence-corrected chi connectivity index (χ1v) is 7.42. The van der Waals surface area contributed by atoms with Gasteiger partial charge >= 0.3 is 0 Å². The Bertz CT molecular complexity index is 634. The topological polar surface area (TPSA) is 41.1 Å². The molecule has 110 valence electrons. The van der Waals surface area contributed by atoms with E-state index in [1.54, 1.807) is 6.07 Å². The zero-order valence-electron chi connectivity index (χ0n) is 11.0. The van der Waals surface area contributed by atoms with Gasteiger partial charge in [0.1, 0.15) is 5.82 Å². The highest BCUT2D eigenvalue weighted by Crippen LogP contribution is 2.16. The van der Waals surface area contributed by atoms with Crippen molar-refractivity contribution in [3.05, 3.63) is 63.3 Å². The smallest absolute Gasteiger partial charge is 0.238 e. The molecule has 21 heavy (non-hydrogen) atoms. The molecule has 0 saturated heterocycles. The average molecular weight is 372 g/mol. The van der Waals surface area contributed by atoms with Crippen molar-refractivity contribution >= 4 is 39.1 Å². The summed E-state index contributed by atoms with van der Waals surface area (Å²) in [6, 6.07) is 11.8. The summed E-state index contributed by atoms with van der Waals surface area (Å²) < 4.78 is 14.0. The first-order valence-electron chi connectivity index (χ1n) is 6.24. The van der Waals surface area contributed by atoms with Crippen molar-refractivity contribution in [2.75, 3.05) is 11.9 Å². The number of anilines is 1. The lowest BCUT2D eigenvalue weighted by atomic mass is 10.2. The average Bonchev–Trinajstić information content (AvgIpc) is 2.45. The maximum atomic E-state index is 13.0. The minimum Gasteiger partial charge on any atom is -0.325 e. The third kappa shape index (κ3) is 5.12. The molecule has 2 rings (SSSR count). The van der Waals surface area contributed by atoms with Gasteiger partial charge in [0.15, 0.2) is 0 Å². The Morgan fingerprint density at radius 2 is 1.90 bits per heavy atom. The Hall–Kier alpha value is -1.43. The summed E-state index contributed by atoms with van der Waals surface area (Å²) in [5, 5.41) is 5.82. The molecule has 2 aromatic carbocycles. The first kappa shape index (κ1) is 15.9. The van der Waals surface area contributed by atoms with Gasteiger partial charge in [-0.25, -0.2) is 4.39 Å². The Morgan fingerprint density at radius 3 is 2.57 bits per heavy atom. The summed E-state index contributed by atoms with van der Waals surface area (Å²) >= 11 is 9.02. The second kappa shape index (κ2) is 7.54. The van der Waals surface area contributed by atoms with Crippen molar-refractivity contribution in [2.45, 2.75) is 6.54 Å². The van der Waals surface area contributed by atoms with Gasteiger partial charge in [-0.15, -0.1) is 0 Å². The van der Waals surface area contributed by atoms with E-state index in [-0.39, 0.29) is 17.5 Å². The second-order valence-corrected chi connectivity index (χ2v) is 5.73. The minimum absolute atomic E-state index is 0.0774. The van der Waals surface area contributed by atoms with Crippen LogP contribution in [0, 0.1) is 5.82 Å². The van der Waals surface area contributed by atoms with Gasteiger partial charge in [0.05, 0.1) is 11.6 Å². The predicted molar refractivity (Wildman–Crippen MR) is 85.9 cm³/mol. The van der Waals surface area contributed by atoms with Crippen LogP contribution in [0.2, 0.25) is 5.02 Å². The van der Waals surface area contributed by atoms with Crippen molar-refractivity contribution in [3.8, 4) is 0 Å². The summed E-state index contributed by atoms with van der Waals surface area (Å²) in [7, 11) is 0.